The van der Waals surface area contributed by atoms with Crippen LogP contribution in [0.25, 0.3) is 0 Å². The Hall–Kier alpha value is -4.44. The van der Waals surface area contributed by atoms with Crippen LogP contribution in [0.4, 0.5) is 4.79 Å². The van der Waals surface area contributed by atoms with E-state index in [2.05, 4.69) is 33.3 Å². The zero-order valence-corrected chi connectivity index (χ0v) is 27.8. The first-order valence-corrected chi connectivity index (χ1v) is 16.6. The van der Waals surface area contributed by atoms with Crippen molar-refractivity contribution in [3.8, 4) is 0 Å². The molecule has 5 amide bonds. The average molecular weight is 686 g/mol. The van der Waals surface area contributed by atoms with Gasteiger partial charge in [0.25, 0.3) is 17.7 Å². The molecule has 1 aromatic rings. The van der Waals surface area contributed by atoms with Crippen LogP contribution in [0.2, 0.25) is 0 Å². The largest absolute Gasteiger partial charge is 0.446 e. The molecule has 2 aliphatic rings. The summed E-state index contributed by atoms with van der Waals surface area (Å²) in [5.74, 6) is -1.58. The normalized spacial score (nSPS) is 16.7. The van der Waals surface area contributed by atoms with E-state index in [4.69, 9.17) is 23.7 Å². The van der Waals surface area contributed by atoms with E-state index in [1.165, 1.54) is 6.21 Å². The van der Waals surface area contributed by atoms with E-state index in [1.807, 2.05) is 0 Å². The summed E-state index contributed by atoms with van der Waals surface area (Å²) < 4.78 is 27.3. The molecule has 0 fully saturated rings. The summed E-state index contributed by atoms with van der Waals surface area (Å²) in [5, 5.41) is 9.35. The van der Waals surface area contributed by atoms with Crippen LogP contribution in [-0.2, 0) is 38.1 Å². The zero-order chi connectivity index (χ0) is 34.9. The molecule has 1 atom stereocenters. The first-order valence-electron chi connectivity index (χ1n) is 16.6. The Bertz CT molecular complexity index is 1270. The molecule has 3 rings (SSSR count). The number of nitrogens with one attached hydrogen (secondary N) is 3. The summed E-state index contributed by atoms with van der Waals surface area (Å²) in [4.78, 5) is 60.2. The maximum atomic E-state index is 12.3. The smallest absolute Gasteiger partial charge is 0.407 e. The Morgan fingerprint density at radius 3 is 2.02 bits per heavy atom. The number of ether oxygens (including phenoxy) is 5. The Morgan fingerprint density at radius 1 is 0.776 bits per heavy atom. The number of allylic oxidation sites excluding steroid dienone is 2. The van der Waals surface area contributed by atoms with E-state index in [1.54, 1.807) is 24.3 Å². The van der Waals surface area contributed by atoms with Gasteiger partial charge in [-0.15, -0.1) is 0 Å². The maximum Gasteiger partial charge on any atom is 0.407 e. The van der Waals surface area contributed by atoms with E-state index in [-0.39, 0.29) is 25.0 Å². The Morgan fingerprint density at radius 2 is 1.37 bits per heavy atom. The second kappa shape index (κ2) is 23.8. The predicted octanol–water partition coefficient (Wildman–Crippen LogP) is 1.86. The molecule has 3 N–H and O–H groups in total. The fourth-order valence-corrected chi connectivity index (χ4v) is 4.58. The second-order valence-corrected chi connectivity index (χ2v) is 11.0. The molecule has 1 unspecified atom stereocenters. The molecular weight excluding hydrogens is 638 g/mol. The lowest BCUT2D eigenvalue weighted by Gasteiger charge is -2.18. The average Bonchev–Trinajstić information content (AvgIpc) is 3.40. The van der Waals surface area contributed by atoms with Crippen LogP contribution in [0.5, 0.6) is 0 Å². The molecule has 0 radical (unpaired) electrons. The van der Waals surface area contributed by atoms with Gasteiger partial charge in [-0.2, -0.15) is 5.10 Å². The van der Waals surface area contributed by atoms with Crippen molar-refractivity contribution in [1.29, 1.82) is 0 Å². The van der Waals surface area contributed by atoms with Crippen LogP contribution >= 0.6 is 0 Å². The number of carbonyl (C=O) groups is 5. The number of hydrogen-bond acceptors (Lipinski definition) is 11. The van der Waals surface area contributed by atoms with Crippen LogP contribution in [0.1, 0.15) is 54.4 Å². The molecule has 0 aromatic heterocycles. The van der Waals surface area contributed by atoms with Crippen molar-refractivity contribution < 1.29 is 47.7 Å². The summed E-state index contributed by atoms with van der Waals surface area (Å²) in [6.45, 7) is 3.82. The Kier molecular flexibility index (Phi) is 19.0. The molecule has 0 bridgehead atoms. The summed E-state index contributed by atoms with van der Waals surface area (Å²) in [6.07, 6.45) is 12.3. The van der Waals surface area contributed by atoms with Crippen LogP contribution in [0, 0.1) is 0 Å². The number of hydrogen-bond donors (Lipinski definition) is 3. The van der Waals surface area contributed by atoms with Gasteiger partial charge in [0.05, 0.1) is 59.1 Å². The molecule has 1 aliphatic carbocycles. The van der Waals surface area contributed by atoms with Crippen LogP contribution in [0.15, 0.2) is 53.7 Å². The first kappa shape index (κ1) is 39.0. The van der Waals surface area contributed by atoms with Gasteiger partial charge in [0, 0.05) is 43.8 Å². The van der Waals surface area contributed by atoms with Gasteiger partial charge in [0.2, 0.25) is 5.91 Å². The highest BCUT2D eigenvalue weighted by molar-refractivity contribution is 6.13. The van der Waals surface area contributed by atoms with Gasteiger partial charge in [0.15, 0.2) is 0 Å². The molecule has 15 nitrogen and oxygen atoms in total. The summed E-state index contributed by atoms with van der Waals surface area (Å²) >= 11 is 0. The third-order valence-electron chi connectivity index (χ3n) is 7.20. The van der Waals surface area contributed by atoms with Gasteiger partial charge in [0.1, 0.15) is 6.10 Å². The molecule has 0 spiro atoms. The maximum absolute atomic E-state index is 12.3. The summed E-state index contributed by atoms with van der Waals surface area (Å²) in [6, 6.07) is 6.62. The van der Waals surface area contributed by atoms with Crippen LogP contribution < -0.4 is 16.1 Å². The van der Waals surface area contributed by atoms with Gasteiger partial charge in [-0.05, 0) is 49.8 Å². The third-order valence-corrected chi connectivity index (χ3v) is 7.20. The fraction of sp³-hybridized carbons (Fsp3) is 0.529. The van der Waals surface area contributed by atoms with E-state index in [0.717, 1.165) is 49.2 Å². The Labute approximate surface area is 286 Å². The van der Waals surface area contributed by atoms with Crippen LogP contribution in [0.3, 0.4) is 0 Å². The predicted molar refractivity (Wildman–Crippen MR) is 179 cm³/mol. The van der Waals surface area contributed by atoms with Gasteiger partial charge >= 0.3 is 6.09 Å². The molecule has 268 valence electrons. The number of rotatable bonds is 22. The molecule has 15 heteroatoms. The van der Waals surface area contributed by atoms with Crippen molar-refractivity contribution in [1.82, 2.24) is 21.0 Å². The molecule has 0 saturated carbocycles. The van der Waals surface area contributed by atoms with Crippen molar-refractivity contribution in [3.63, 3.8) is 0 Å². The van der Waals surface area contributed by atoms with Crippen molar-refractivity contribution in [2.75, 3.05) is 72.5 Å². The van der Waals surface area contributed by atoms with E-state index >= 15 is 0 Å². The van der Waals surface area contributed by atoms with Gasteiger partial charge < -0.3 is 34.3 Å². The van der Waals surface area contributed by atoms with Gasteiger partial charge in [-0.25, -0.2) is 10.2 Å². The number of nitrogens with zero attached hydrogens (tertiary/aromatic N) is 2. The minimum absolute atomic E-state index is 0.0245. The number of carbonyl (C=O) groups excluding carboxylic acids is 5. The monoisotopic (exact) mass is 685 g/mol. The first-order chi connectivity index (χ1) is 23.9. The highest BCUT2D eigenvalue weighted by Gasteiger charge is 2.23. The lowest BCUT2D eigenvalue weighted by Crippen LogP contribution is -2.33. The zero-order valence-electron chi connectivity index (χ0n) is 27.8. The van der Waals surface area contributed by atoms with E-state index in [9.17, 15) is 24.0 Å². The highest BCUT2D eigenvalue weighted by atomic mass is 16.6. The number of benzene rings is 1. The van der Waals surface area contributed by atoms with Crippen LogP contribution in [-0.4, -0.2) is 119 Å². The Balaban J connectivity index is 1.08. The van der Waals surface area contributed by atoms with E-state index < -0.39 is 23.8 Å². The minimum Gasteiger partial charge on any atom is -0.446 e. The molecule has 0 saturated heterocycles. The minimum atomic E-state index is -0.444. The van der Waals surface area contributed by atoms with Crippen molar-refractivity contribution in [2.45, 2.75) is 44.6 Å². The topological polar surface area (TPSA) is 183 Å². The molecule has 1 aliphatic heterocycles. The molecular formula is C34H47N5O10. The fourth-order valence-electron chi connectivity index (χ4n) is 4.58. The second-order valence-electron chi connectivity index (χ2n) is 11.0. The molecule has 49 heavy (non-hydrogen) atoms. The number of hydrazone groups is 1. The third kappa shape index (κ3) is 17.0. The molecule has 1 aromatic carbocycles. The number of amides is 5. The SMILES string of the molecule is O=C(CCN1C(=O)C=CC1=O)N/N=C/c1ccc(C(=O)NCCOCCOCCOCCOCCNC(=O)OC2CC/C=C/CCC2)cc1. The van der Waals surface area contributed by atoms with Gasteiger partial charge in [-0.1, -0.05) is 24.3 Å². The quantitative estimate of drug-likeness (QED) is 0.0536. The highest BCUT2D eigenvalue weighted by Crippen LogP contribution is 2.15. The lowest BCUT2D eigenvalue weighted by atomic mass is 10.0. The standard InChI is InChI=1S/C34H47N5O10/c40-30(14-17-39-31(41)12-13-32(39)42)38-37-26-27-8-10-28(11-9-27)33(43)35-15-18-45-20-22-47-24-25-48-23-21-46-19-16-36-34(44)49-29-6-4-2-1-3-5-7-29/h1-2,8-13,26,29H,3-7,14-25H2,(H,35,43)(H,36,44)(H,38,40)/b2-1+,37-26+. The lowest BCUT2D eigenvalue weighted by molar-refractivity contribution is -0.137. The number of imide groups is 1. The van der Waals surface area contributed by atoms with Gasteiger partial charge in [-0.3, -0.25) is 24.1 Å². The summed E-state index contributed by atoms with van der Waals surface area (Å²) in [5.41, 5.74) is 3.46. The van der Waals surface area contributed by atoms with Crippen molar-refractivity contribution in [2.24, 2.45) is 5.10 Å². The number of alkyl carbamates (subject to hydrolysis) is 1. The molecule has 1 heterocycles. The van der Waals surface area contributed by atoms with Crippen molar-refractivity contribution >= 4 is 35.9 Å². The van der Waals surface area contributed by atoms with E-state index in [0.29, 0.717) is 77.1 Å². The summed E-state index contributed by atoms with van der Waals surface area (Å²) in [7, 11) is 0. The van der Waals surface area contributed by atoms with Crippen molar-refractivity contribution in [3.05, 3.63) is 59.7 Å².